The average molecular weight is 381 g/mol. The summed E-state index contributed by atoms with van der Waals surface area (Å²) in [6.45, 7) is 1.12. The first-order valence-corrected chi connectivity index (χ1v) is 9.38. The summed E-state index contributed by atoms with van der Waals surface area (Å²) in [4.78, 5) is 14.0. The van der Waals surface area contributed by atoms with Crippen LogP contribution in [-0.4, -0.2) is 48.6 Å². The monoisotopic (exact) mass is 380 g/mol. The van der Waals surface area contributed by atoms with Crippen LogP contribution in [0.1, 0.15) is 18.1 Å². The van der Waals surface area contributed by atoms with Crippen molar-refractivity contribution in [3.05, 3.63) is 33.6 Å². The molecule has 2 rings (SSSR count). The van der Waals surface area contributed by atoms with Crippen molar-refractivity contribution in [1.82, 2.24) is 4.90 Å². The molecule has 1 aliphatic rings. The maximum absolute atomic E-state index is 13.7. The standard InChI is InChI=1S/C15H19Cl2FN2O2S/c1-23-5-2-13(19)15(21)20-3-4-22-14(8-20)9-6-12(18)11(17)7-10(9)16/h6-7,13-14H,2-5,8,19H2,1H3/t13-,14-/m0/s1. The molecule has 2 N–H and O–H groups in total. The van der Waals surface area contributed by atoms with Gasteiger partial charge in [0.15, 0.2) is 0 Å². The summed E-state index contributed by atoms with van der Waals surface area (Å²) in [7, 11) is 0. The minimum atomic E-state index is -0.560. The summed E-state index contributed by atoms with van der Waals surface area (Å²) in [6.07, 6.45) is 2.11. The van der Waals surface area contributed by atoms with Gasteiger partial charge in [-0.15, -0.1) is 0 Å². The highest BCUT2D eigenvalue weighted by Crippen LogP contribution is 2.32. The van der Waals surface area contributed by atoms with Gasteiger partial charge >= 0.3 is 0 Å². The number of morpholine rings is 1. The number of hydrogen-bond donors (Lipinski definition) is 1. The third-order valence-electron chi connectivity index (χ3n) is 3.71. The molecular formula is C15H19Cl2FN2O2S. The number of hydrogen-bond acceptors (Lipinski definition) is 4. The molecule has 0 bridgehead atoms. The second-order valence-corrected chi connectivity index (χ2v) is 7.12. The highest BCUT2D eigenvalue weighted by atomic mass is 35.5. The lowest BCUT2D eigenvalue weighted by molar-refractivity contribution is -0.140. The normalized spacial score (nSPS) is 19.7. The van der Waals surface area contributed by atoms with Crippen molar-refractivity contribution in [1.29, 1.82) is 0 Å². The fourth-order valence-electron chi connectivity index (χ4n) is 2.43. The quantitative estimate of drug-likeness (QED) is 0.797. The first-order chi connectivity index (χ1) is 10.9. The maximum Gasteiger partial charge on any atom is 0.239 e. The zero-order valence-corrected chi connectivity index (χ0v) is 15.1. The zero-order valence-electron chi connectivity index (χ0n) is 12.7. The third kappa shape index (κ3) is 4.73. The van der Waals surface area contributed by atoms with Crippen LogP contribution in [0.2, 0.25) is 10.0 Å². The van der Waals surface area contributed by atoms with E-state index in [9.17, 15) is 9.18 Å². The number of carbonyl (C=O) groups excluding carboxylic acids is 1. The Balaban J connectivity index is 2.09. The van der Waals surface area contributed by atoms with E-state index in [1.54, 1.807) is 16.7 Å². The fourth-order valence-corrected chi connectivity index (χ4v) is 3.42. The van der Waals surface area contributed by atoms with Crippen LogP contribution in [0.15, 0.2) is 12.1 Å². The van der Waals surface area contributed by atoms with Crippen molar-refractivity contribution in [2.45, 2.75) is 18.6 Å². The van der Waals surface area contributed by atoms with Crippen molar-refractivity contribution in [3.63, 3.8) is 0 Å². The predicted octanol–water partition coefficient (Wildman–Crippen LogP) is 3.11. The molecule has 4 nitrogen and oxygen atoms in total. The Bertz CT molecular complexity index is 577. The molecule has 0 aliphatic carbocycles. The summed E-state index contributed by atoms with van der Waals surface area (Å²) in [5, 5.41) is 0.281. The Hall–Kier alpha value is -0.530. The Labute approximate surface area is 149 Å². The number of halogens is 3. The zero-order chi connectivity index (χ0) is 17.0. The molecule has 1 aromatic rings. The second-order valence-electron chi connectivity index (χ2n) is 5.32. The summed E-state index contributed by atoms with van der Waals surface area (Å²) < 4.78 is 19.3. The molecule has 128 valence electrons. The largest absolute Gasteiger partial charge is 0.370 e. The summed E-state index contributed by atoms with van der Waals surface area (Å²) in [5.41, 5.74) is 6.43. The van der Waals surface area contributed by atoms with Gasteiger partial charge in [-0.1, -0.05) is 23.2 Å². The first kappa shape index (κ1) is 18.8. The van der Waals surface area contributed by atoms with Gasteiger partial charge in [0.1, 0.15) is 11.9 Å². The number of benzene rings is 1. The molecular weight excluding hydrogens is 362 g/mol. The van der Waals surface area contributed by atoms with Crippen LogP contribution in [-0.2, 0) is 9.53 Å². The molecule has 0 unspecified atom stereocenters. The summed E-state index contributed by atoms with van der Waals surface area (Å²) in [6, 6.07) is 2.08. The van der Waals surface area contributed by atoms with Crippen molar-refractivity contribution < 1.29 is 13.9 Å². The molecule has 0 aromatic heterocycles. The van der Waals surface area contributed by atoms with Crippen LogP contribution >= 0.6 is 35.0 Å². The lowest BCUT2D eigenvalue weighted by Crippen LogP contribution is -2.49. The Morgan fingerprint density at radius 3 is 2.96 bits per heavy atom. The molecule has 1 aliphatic heterocycles. The summed E-state index contributed by atoms with van der Waals surface area (Å²) >= 11 is 13.5. The van der Waals surface area contributed by atoms with Gasteiger partial charge in [0.05, 0.1) is 24.2 Å². The minimum Gasteiger partial charge on any atom is -0.370 e. The van der Waals surface area contributed by atoms with E-state index in [4.69, 9.17) is 33.7 Å². The van der Waals surface area contributed by atoms with Crippen LogP contribution in [0.5, 0.6) is 0 Å². The molecule has 0 spiro atoms. The first-order valence-electron chi connectivity index (χ1n) is 7.23. The minimum absolute atomic E-state index is 0.0402. The van der Waals surface area contributed by atoms with E-state index in [1.165, 1.54) is 12.1 Å². The Morgan fingerprint density at radius 2 is 2.26 bits per heavy atom. The number of carbonyl (C=O) groups is 1. The number of rotatable bonds is 5. The second kappa shape index (κ2) is 8.53. The molecule has 1 aromatic carbocycles. The summed E-state index contributed by atoms with van der Waals surface area (Å²) in [5.74, 6) is 0.155. The molecule has 1 amide bonds. The number of nitrogens with zero attached hydrogens (tertiary/aromatic N) is 1. The fraction of sp³-hybridized carbons (Fsp3) is 0.533. The van der Waals surface area contributed by atoms with Gasteiger partial charge in [-0.2, -0.15) is 11.8 Å². The molecule has 8 heteroatoms. The van der Waals surface area contributed by atoms with Crippen LogP contribution in [0.4, 0.5) is 4.39 Å². The number of amides is 1. The van der Waals surface area contributed by atoms with E-state index in [-0.39, 0.29) is 10.9 Å². The molecule has 2 atom stereocenters. The van der Waals surface area contributed by atoms with Crippen LogP contribution in [0, 0.1) is 5.82 Å². The van der Waals surface area contributed by atoms with Gasteiger partial charge in [0, 0.05) is 17.1 Å². The van der Waals surface area contributed by atoms with E-state index in [0.29, 0.717) is 36.7 Å². The Morgan fingerprint density at radius 1 is 1.52 bits per heavy atom. The molecule has 1 fully saturated rings. The molecule has 0 radical (unpaired) electrons. The maximum atomic E-state index is 13.7. The van der Waals surface area contributed by atoms with Crippen LogP contribution in [0.25, 0.3) is 0 Å². The topological polar surface area (TPSA) is 55.6 Å². The highest BCUT2D eigenvalue weighted by molar-refractivity contribution is 7.98. The van der Waals surface area contributed by atoms with Gasteiger partial charge < -0.3 is 15.4 Å². The van der Waals surface area contributed by atoms with Crippen LogP contribution < -0.4 is 5.73 Å². The number of ether oxygens (including phenoxy) is 1. The molecule has 1 heterocycles. The number of thioether (sulfide) groups is 1. The van der Waals surface area contributed by atoms with E-state index in [2.05, 4.69) is 0 Å². The number of nitrogens with two attached hydrogens (primary N) is 1. The predicted molar refractivity (Wildman–Crippen MR) is 92.7 cm³/mol. The van der Waals surface area contributed by atoms with E-state index < -0.39 is 18.0 Å². The molecule has 1 saturated heterocycles. The highest BCUT2D eigenvalue weighted by Gasteiger charge is 2.29. The van der Waals surface area contributed by atoms with Gasteiger partial charge in [-0.05, 0) is 30.6 Å². The Kier molecular flexibility index (Phi) is 6.98. The average Bonchev–Trinajstić information content (AvgIpc) is 2.55. The van der Waals surface area contributed by atoms with Gasteiger partial charge in [0.2, 0.25) is 5.91 Å². The van der Waals surface area contributed by atoms with E-state index in [0.717, 1.165) is 5.75 Å². The lowest BCUT2D eigenvalue weighted by Gasteiger charge is -2.35. The van der Waals surface area contributed by atoms with E-state index >= 15 is 0 Å². The smallest absolute Gasteiger partial charge is 0.239 e. The van der Waals surface area contributed by atoms with Crippen molar-refractivity contribution in [3.8, 4) is 0 Å². The van der Waals surface area contributed by atoms with E-state index in [1.807, 2.05) is 6.26 Å². The van der Waals surface area contributed by atoms with Crippen molar-refractivity contribution in [2.24, 2.45) is 5.73 Å². The van der Waals surface area contributed by atoms with Crippen LogP contribution in [0.3, 0.4) is 0 Å². The lowest BCUT2D eigenvalue weighted by atomic mass is 10.1. The third-order valence-corrected chi connectivity index (χ3v) is 4.98. The molecule has 0 saturated carbocycles. The van der Waals surface area contributed by atoms with Gasteiger partial charge in [-0.25, -0.2) is 4.39 Å². The van der Waals surface area contributed by atoms with Gasteiger partial charge in [0.25, 0.3) is 0 Å². The van der Waals surface area contributed by atoms with Crippen molar-refractivity contribution >= 4 is 40.9 Å². The van der Waals surface area contributed by atoms with Gasteiger partial charge in [-0.3, -0.25) is 4.79 Å². The molecule has 23 heavy (non-hydrogen) atoms. The SMILES string of the molecule is CSCC[C@H](N)C(=O)N1CCO[C@H](c2cc(F)c(Cl)cc2Cl)C1. The van der Waals surface area contributed by atoms with Crippen molar-refractivity contribution in [2.75, 3.05) is 31.7 Å².